The zero-order chi connectivity index (χ0) is 21.4. The molecule has 9 heteroatoms. The van der Waals surface area contributed by atoms with Crippen LogP contribution in [-0.4, -0.2) is 43.4 Å². The molecular weight excluding hydrogens is 509 g/mol. The van der Waals surface area contributed by atoms with Crippen LogP contribution in [0.2, 0.25) is 0 Å². The van der Waals surface area contributed by atoms with Crippen LogP contribution in [0.15, 0.2) is 27.7 Å². The van der Waals surface area contributed by atoms with E-state index in [0.29, 0.717) is 18.3 Å². The monoisotopic (exact) mass is 543 g/mol. The number of aliphatic imine (C=N–C) groups is 1. The van der Waals surface area contributed by atoms with Crippen molar-refractivity contribution in [2.24, 2.45) is 4.99 Å². The van der Waals surface area contributed by atoms with Crippen LogP contribution in [0.1, 0.15) is 56.3 Å². The molecule has 0 saturated heterocycles. The molecule has 172 valence electrons. The van der Waals surface area contributed by atoms with Crippen molar-refractivity contribution >= 4 is 29.9 Å². The molecule has 0 atom stereocenters. The third-order valence-electron chi connectivity index (χ3n) is 5.69. The van der Waals surface area contributed by atoms with E-state index in [0.717, 1.165) is 43.4 Å². The van der Waals surface area contributed by atoms with Crippen molar-refractivity contribution in [2.45, 2.75) is 57.9 Å². The smallest absolute Gasteiger partial charge is 0.223 e. The summed E-state index contributed by atoms with van der Waals surface area (Å²) in [5.74, 6) is 3.41. The van der Waals surface area contributed by atoms with Gasteiger partial charge in [0.1, 0.15) is 6.54 Å². The maximum atomic E-state index is 5.56. The third kappa shape index (κ3) is 6.47. The van der Waals surface area contributed by atoms with E-state index in [2.05, 4.69) is 44.8 Å². The van der Waals surface area contributed by atoms with Crippen LogP contribution in [0.25, 0.3) is 0 Å². The van der Waals surface area contributed by atoms with E-state index in [1.165, 1.54) is 24.8 Å². The van der Waals surface area contributed by atoms with Gasteiger partial charge in [0.2, 0.25) is 5.89 Å². The summed E-state index contributed by atoms with van der Waals surface area (Å²) in [5.41, 5.74) is 1.30. The summed E-state index contributed by atoms with van der Waals surface area (Å²) < 4.78 is 16.0. The quantitative estimate of drug-likeness (QED) is 0.296. The first-order valence-corrected chi connectivity index (χ1v) is 10.6. The molecular formula is C22H34IN5O3. The Morgan fingerprint density at radius 1 is 1.13 bits per heavy atom. The van der Waals surface area contributed by atoms with E-state index < -0.39 is 0 Å². The number of nitrogens with zero attached hydrogens (tertiary/aromatic N) is 3. The number of hydrogen-bond donors (Lipinski definition) is 2. The van der Waals surface area contributed by atoms with E-state index in [9.17, 15) is 0 Å². The maximum Gasteiger partial charge on any atom is 0.223 e. The maximum absolute atomic E-state index is 5.56. The molecule has 1 heterocycles. The number of hydrogen-bond acceptors (Lipinski definition) is 6. The van der Waals surface area contributed by atoms with Crippen LogP contribution < -0.4 is 20.1 Å². The second-order valence-corrected chi connectivity index (χ2v) is 7.69. The van der Waals surface area contributed by atoms with Gasteiger partial charge in [-0.2, -0.15) is 4.98 Å². The molecule has 2 aromatic rings. The predicted molar refractivity (Wildman–Crippen MR) is 132 cm³/mol. The summed E-state index contributed by atoms with van der Waals surface area (Å²) >= 11 is 0. The number of methoxy groups -OCH3 is 2. The summed E-state index contributed by atoms with van der Waals surface area (Å²) in [5, 5.41) is 10.8. The van der Waals surface area contributed by atoms with Gasteiger partial charge in [-0.3, -0.25) is 0 Å². The lowest BCUT2D eigenvalue weighted by Crippen LogP contribution is -2.46. The van der Waals surface area contributed by atoms with Crippen molar-refractivity contribution in [3.05, 3.63) is 35.5 Å². The Kier molecular flexibility index (Phi) is 9.86. The Balaban J connectivity index is 0.00000341. The molecule has 1 aromatic heterocycles. The average molecular weight is 543 g/mol. The third-order valence-corrected chi connectivity index (χ3v) is 5.69. The zero-order valence-electron chi connectivity index (χ0n) is 18.9. The topological polar surface area (TPSA) is 93.8 Å². The predicted octanol–water partition coefficient (Wildman–Crippen LogP) is 3.97. The van der Waals surface area contributed by atoms with E-state index in [1.54, 1.807) is 21.1 Å². The van der Waals surface area contributed by atoms with Gasteiger partial charge in [0.15, 0.2) is 23.3 Å². The van der Waals surface area contributed by atoms with Gasteiger partial charge in [-0.15, -0.1) is 24.0 Å². The first-order valence-electron chi connectivity index (χ1n) is 10.6. The molecule has 0 spiro atoms. The molecule has 2 N–H and O–H groups in total. The van der Waals surface area contributed by atoms with Gasteiger partial charge in [-0.25, -0.2) is 4.99 Å². The van der Waals surface area contributed by atoms with Gasteiger partial charge in [-0.05, 0) is 37.5 Å². The standard InChI is InChI=1S/C22H33N5O3.HI/c1-5-23-21(24-14-20-26-16(2)30-27-20)25-15-22(11-7-6-8-12-22)17-9-10-18(28-3)19(13-17)29-4;/h9-10,13H,5-8,11-12,14-15H2,1-4H3,(H2,23,24,25);1H. The van der Waals surface area contributed by atoms with Crippen LogP contribution in [0.3, 0.4) is 0 Å². The molecule has 0 aliphatic heterocycles. The second kappa shape index (κ2) is 12.1. The lowest BCUT2D eigenvalue weighted by Gasteiger charge is -2.38. The highest BCUT2D eigenvalue weighted by Gasteiger charge is 2.34. The minimum absolute atomic E-state index is 0. The fourth-order valence-electron chi connectivity index (χ4n) is 4.11. The van der Waals surface area contributed by atoms with Crippen molar-refractivity contribution in [1.82, 2.24) is 20.8 Å². The highest BCUT2D eigenvalue weighted by molar-refractivity contribution is 14.0. The van der Waals surface area contributed by atoms with Gasteiger partial charge < -0.3 is 24.6 Å². The van der Waals surface area contributed by atoms with Crippen molar-refractivity contribution in [3.8, 4) is 11.5 Å². The summed E-state index contributed by atoms with van der Waals surface area (Å²) in [6.45, 7) is 5.77. The lowest BCUT2D eigenvalue weighted by molar-refractivity contribution is 0.288. The Hall–Kier alpha value is -2.04. The fraction of sp³-hybridized carbons (Fsp3) is 0.591. The molecule has 0 amide bonds. The first-order chi connectivity index (χ1) is 14.6. The van der Waals surface area contributed by atoms with Gasteiger partial charge in [-0.1, -0.05) is 30.5 Å². The summed E-state index contributed by atoms with van der Waals surface area (Å²) in [6.07, 6.45) is 5.95. The van der Waals surface area contributed by atoms with Crippen LogP contribution in [0.5, 0.6) is 11.5 Å². The Morgan fingerprint density at radius 3 is 2.48 bits per heavy atom. The first kappa shape index (κ1) is 25.2. The number of ether oxygens (including phenoxy) is 2. The number of aryl methyl sites for hydroxylation is 1. The number of aromatic nitrogens is 2. The highest BCUT2D eigenvalue weighted by Crippen LogP contribution is 2.42. The molecule has 8 nitrogen and oxygen atoms in total. The molecule has 1 aliphatic carbocycles. The number of rotatable bonds is 8. The molecule has 31 heavy (non-hydrogen) atoms. The Bertz CT molecular complexity index is 849. The summed E-state index contributed by atoms with van der Waals surface area (Å²) in [4.78, 5) is 8.86. The molecule has 3 rings (SSSR count). The SMILES string of the molecule is CCNC(=NCc1noc(C)n1)NCC1(c2ccc(OC)c(OC)c2)CCCCC1.I. The highest BCUT2D eigenvalue weighted by atomic mass is 127. The van der Waals surface area contributed by atoms with Crippen LogP contribution in [0.4, 0.5) is 0 Å². The van der Waals surface area contributed by atoms with E-state index in [-0.39, 0.29) is 29.4 Å². The number of nitrogens with one attached hydrogen (secondary N) is 2. The van der Waals surface area contributed by atoms with E-state index in [1.807, 2.05) is 6.07 Å². The number of guanidine groups is 1. The van der Waals surface area contributed by atoms with Crippen molar-refractivity contribution < 1.29 is 14.0 Å². The van der Waals surface area contributed by atoms with Gasteiger partial charge in [0, 0.05) is 25.4 Å². The zero-order valence-corrected chi connectivity index (χ0v) is 21.2. The molecule has 0 bridgehead atoms. The molecule has 1 saturated carbocycles. The van der Waals surface area contributed by atoms with Crippen LogP contribution in [0, 0.1) is 6.92 Å². The van der Waals surface area contributed by atoms with Crippen molar-refractivity contribution in [2.75, 3.05) is 27.3 Å². The minimum atomic E-state index is 0. The largest absolute Gasteiger partial charge is 0.493 e. The molecule has 1 aliphatic rings. The van der Waals surface area contributed by atoms with Crippen molar-refractivity contribution in [1.29, 1.82) is 0 Å². The van der Waals surface area contributed by atoms with Crippen LogP contribution >= 0.6 is 24.0 Å². The van der Waals surface area contributed by atoms with Crippen molar-refractivity contribution in [3.63, 3.8) is 0 Å². The molecule has 0 radical (unpaired) electrons. The lowest BCUT2D eigenvalue weighted by atomic mass is 9.69. The summed E-state index contributed by atoms with van der Waals surface area (Å²) in [7, 11) is 3.35. The summed E-state index contributed by atoms with van der Waals surface area (Å²) in [6, 6.07) is 6.29. The number of benzene rings is 1. The fourth-order valence-corrected chi connectivity index (χ4v) is 4.11. The normalized spacial score (nSPS) is 15.7. The molecule has 0 unspecified atom stereocenters. The van der Waals surface area contributed by atoms with Crippen LogP contribution in [-0.2, 0) is 12.0 Å². The minimum Gasteiger partial charge on any atom is -0.493 e. The molecule has 1 aromatic carbocycles. The molecule has 1 fully saturated rings. The van der Waals surface area contributed by atoms with Gasteiger partial charge in [0.05, 0.1) is 14.2 Å². The Labute approximate surface area is 201 Å². The second-order valence-electron chi connectivity index (χ2n) is 7.69. The average Bonchev–Trinajstić information content (AvgIpc) is 3.20. The van der Waals surface area contributed by atoms with Gasteiger partial charge >= 0.3 is 0 Å². The number of halogens is 1. The van der Waals surface area contributed by atoms with E-state index in [4.69, 9.17) is 14.0 Å². The Morgan fingerprint density at radius 2 is 1.87 bits per heavy atom. The van der Waals surface area contributed by atoms with Gasteiger partial charge in [0.25, 0.3) is 0 Å². The van der Waals surface area contributed by atoms with E-state index >= 15 is 0 Å².